The molecule has 0 heterocycles. The second kappa shape index (κ2) is 6.67. The Morgan fingerprint density at radius 3 is 2.32 bits per heavy atom. The quantitative estimate of drug-likeness (QED) is 0.328. The van der Waals surface area contributed by atoms with Crippen LogP contribution in [0.4, 0.5) is 5.69 Å². The summed E-state index contributed by atoms with van der Waals surface area (Å²) in [7, 11) is 0. The topological polar surface area (TPSA) is 80.4 Å². The summed E-state index contributed by atoms with van der Waals surface area (Å²) in [6.07, 6.45) is -1.46. The van der Waals surface area contributed by atoms with Crippen LogP contribution in [0, 0.1) is 10.1 Å². The van der Waals surface area contributed by atoms with Crippen LogP contribution in [0.3, 0.4) is 0 Å². The van der Waals surface area contributed by atoms with E-state index >= 15 is 0 Å². The van der Waals surface area contributed by atoms with Crippen LogP contribution < -0.4 is 0 Å². The highest BCUT2D eigenvalue weighted by Crippen LogP contribution is 2.36. The van der Waals surface area contributed by atoms with Gasteiger partial charge in [0, 0.05) is 11.1 Å². The highest BCUT2D eigenvalue weighted by atomic mass is 16.6. The number of hydrogen-bond acceptors (Lipinski definition) is 4. The predicted octanol–water partition coefficient (Wildman–Crippen LogP) is 4.22. The number of aliphatic hydroxyl groups is 1. The van der Waals surface area contributed by atoms with Crippen LogP contribution in [-0.4, -0.2) is 15.8 Å². The minimum Gasteiger partial charge on any atom is -0.383 e. The number of carbonyl (C=O) groups is 1. The van der Waals surface area contributed by atoms with Crippen molar-refractivity contribution in [3.63, 3.8) is 0 Å². The van der Waals surface area contributed by atoms with Crippen LogP contribution in [0.5, 0.6) is 0 Å². The van der Waals surface area contributed by atoms with Crippen LogP contribution >= 0.6 is 0 Å². The molecule has 0 aromatic heterocycles. The first kappa shape index (κ1) is 16.5. The van der Waals surface area contributed by atoms with Gasteiger partial charge >= 0.3 is 0 Å². The number of Topliss-reactive ketones (excluding diaryl/α,β-unsaturated/α-hetero) is 1. The van der Waals surface area contributed by atoms with Gasteiger partial charge in [0.25, 0.3) is 5.69 Å². The minimum absolute atomic E-state index is 0.0537. The van der Waals surface area contributed by atoms with E-state index in [2.05, 4.69) is 6.58 Å². The number of nitrogens with zero attached hydrogens (tertiary/aromatic N) is 1. The van der Waals surface area contributed by atoms with Gasteiger partial charge in [0.05, 0.1) is 15.9 Å². The average Bonchev–Trinajstić information content (AvgIpc) is 2.65. The first-order valence-electron chi connectivity index (χ1n) is 7.63. The van der Waals surface area contributed by atoms with Gasteiger partial charge < -0.3 is 5.11 Å². The highest BCUT2D eigenvalue weighted by Gasteiger charge is 2.28. The second-order valence-electron chi connectivity index (χ2n) is 5.60. The first-order chi connectivity index (χ1) is 12.0. The summed E-state index contributed by atoms with van der Waals surface area (Å²) in [4.78, 5) is 23.5. The molecule has 1 atom stereocenters. The molecule has 25 heavy (non-hydrogen) atoms. The van der Waals surface area contributed by atoms with Crippen molar-refractivity contribution in [3.05, 3.63) is 100 Å². The van der Waals surface area contributed by atoms with Gasteiger partial charge in [-0.2, -0.15) is 0 Å². The molecule has 0 saturated carbocycles. The first-order valence-corrected chi connectivity index (χ1v) is 7.63. The number of ketones is 1. The summed E-state index contributed by atoms with van der Waals surface area (Å²) < 4.78 is 0. The van der Waals surface area contributed by atoms with E-state index < -0.39 is 16.8 Å². The van der Waals surface area contributed by atoms with Gasteiger partial charge in [0.1, 0.15) is 6.10 Å². The second-order valence-corrected chi connectivity index (χ2v) is 5.60. The Labute approximate surface area is 144 Å². The lowest BCUT2D eigenvalue weighted by atomic mass is 9.93. The molecule has 0 aliphatic rings. The largest absolute Gasteiger partial charge is 0.383 e. The van der Waals surface area contributed by atoms with E-state index in [4.69, 9.17) is 0 Å². The predicted molar refractivity (Wildman–Crippen MR) is 95.5 cm³/mol. The zero-order valence-corrected chi connectivity index (χ0v) is 13.3. The summed E-state index contributed by atoms with van der Waals surface area (Å²) in [5.41, 5.74) is 0.102. The van der Waals surface area contributed by atoms with Crippen molar-refractivity contribution in [3.8, 4) is 0 Å². The Hall–Kier alpha value is -3.31. The molecular weight excluding hydrogens is 318 g/mol. The van der Waals surface area contributed by atoms with E-state index in [1.54, 1.807) is 60.7 Å². The number of nitro benzene ring substituents is 1. The lowest BCUT2D eigenvalue weighted by Gasteiger charge is -2.15. The molecule has 3 aromatic rings. The normalized spacial score (nSPS) is 11.9. The van der Waals surface area contributed by atoms with Crippen LogP contribution in [0.1, 0.15) is 22.0 Å². The Kier molecular flexibility index (Phi) is 4.41. The van der Waals surface area contributed by atoms with Crippen molar-refractivity contribution in [2.45, 2.75) is 6.10 Å². The average molecular weight is 333 g/mol. The van der Waals surface area contributed by atoms with Crippen LogP contribution in [0.15, 0.2) is 78.9 Å². The third-order valence-electron chi connectivity index (χ3n) is 4.07. The Morgan fingerprint density at radius 2 is 1.64 bits per heavy atom. The van der Waals surface area contributed by atoms with Gasteiger partial charge in [-0.3, -0.25) is 14.9 Å². The van der Waals surface area contributed by atoms with E-state index in [1.165, 1.54) is 6.07 Å². The molecule has 0 bridgehead atoms. The maximum atomic E-state index is 12.5. The Bertz CT molecular complexity index is 979. The molecule has 0 radical (unpaired) electrons. The fraction of sp³-hybridized carbons (Fsp3) is 0.0500. The monoisotopic (exact) mass is 333 g/mol. The minimum atomic E-state index is -1.46. The zero-order valence-electron chi connectivity index (χ0n) is 13.3. The van der Waals surface area contributed by atoms with Crippen molar-refractivity contribution in [1.29, 1.82) is 0 Å². The van der Waals surface area contributed by atoms with Gasteiger partial charge in [-0.1, -0.05) is 61.2 Å². The van der Waals surface area contributed by atoms with Crippen molar-refractivity contribution in [2.75, 3.05) is 0 Å². The molecule has 0 spiro atoms. The number of fused-ring (bicyclic) bond motifs is 1. The number of hydrogen-bond donors (Lipinski definition) is 1. The fourth-order valence-electron chi connectivity index (χ4n) is 2.78. The Morgan fingerprint density at radius 1 is 1.00 bits per heavy atom. The molecule has 1 unspecified atom stereocenters. The van der Waals surface area contributed by atoms with Crippen molar-refractivity contribution < 1.29 is 14.8 Å². The summed E-state index contributed by atoms with van der Waals surface area (Å²) in [6, 6.07) is 18.4. The molecule has 124 valence electrons. The van der Waals surface area contributed by atoms with Crippen LogP contribution in [-0.2, 0) is 0 Å². The third kappa shape index (κ3) is 3.05. The SMILES string of the molecule is C=C(C(=O)c1ccccc1)C(O)c1ccc2ccccc2c1[N+](=O)[O-]. The summed E-state index contributed by atoms with van der Waals surface area (Å²) in [5.74, 6) is -0.449. The van der Waals surface area contributed by atoms with Gasteiger partial charge in [-0.25, -0.2) is 0 Å². The molecule has 0 fully saturated rings. The molecule has 5 nitrogen and oxygen atoms in total. The van der Waals surface area contributed by atoms with Crippen molar-refractivity contribution in [1.82, 2.24) is 0 Å². The molecule has 0 amide bonds. The molecular formula is C20H15NO4. The van der Waals surface area contributed by atoms with E-state index in [0.717, 1.165) is 0 Å². The van der Waals surface area contributed by atoms with E-state index in [1.807, 2.05) is 0 Å². The lowest BCUT2D eigenvalue weighted by Crippen LogP contribution is -2.12. The fourth-order valence-corrected chi connectivity index (χ4v) is 2.78. The van der Waals surface area contributed by atoms with E-state index in [9.17, 15) is 20.0 Å². The maximum absolute atomic E-state index is 12.5. The molecule has 3 rings (SSSR count). The van der Waals surface area contributed by atoms with Crippen molar-refractivity contribution in [2.24, 2.45) is 0 Å². The summed E-state index contributed by atoms with van der Waals surface area (Å²) >= 11 is 0. The zero-order chi connectivity index (χ0) is 18.0. The molecule has 0 aliphatic carbocycles. The van der Waals surface area contributed by atoms with Crippen LogP contribution in [0.2, 0.25) is 0 Å². The maximum Gasteiger partial charge on any atom is 0.283 e. The van der Waals surface area contributed by atoms with Gasteiger partial charge in [0.15, 0.2) is 5.78 Å². The van der Waals surface area contributed by atoms with Crippen LogP contribution in [0.25, 0.3) is 10.8 Å². The standard InChI is InChI=1S/C20H15NO4/c1-13(19(22)15-8-3-2-4-9-15)20(23)17-12-11-14-7-5-6-10-16(14)18(17)21(24)25/h2-12,20,23H,1H2. The van der Waals surface area contributed by atoms with Gasteiger partial charge in [0.2, 0.25) is 0 Å². The number of aliphatic hydroxyl groups excluding tert-OH is 1. The van der Waals surface area contributed by atoms with E-state index in [0.29, 0.717) is 16.3 Å². The highest BCUT2D eigenvalue weighted by molar-refractivity contribution is 6.09. The smallest absolute Gasteiger partial charge is 0.283 e. The molecule has 0 aliphatic heterocycles. The van der Waals surface area contributed by atoms with E-state index in [-0.39, 0.29) is 16.8 Å². The Balaban J connectivity index is 2.06. The number of nitro groups is 1. The lowest BCUT2D eigenvalue weighted by molar-refractivity contribution is -0.384. The summed E-state index contributed by atoms with van der Waals surface area (Å²) in [6.45, 7) is 3.67. The summed E-state index contributed by atoms with van der Waals surface area (Å²) in [5, 5.41) is 23.3. The van der Waals surface area contributed by atoms with Crippen molar-refractivity contribution >= 4 is 22.2 Å². The van der Waals surface area contributed by atoms with Gasteiger partial charge in [-0.05, 0) is 17.5 Å². The molecule has 0 saturated heterocycles. The third-order valence-corrected chi connectivity index (χ3v) is 4.07. The number of carbonyl (C=O) groups excluding carboxylic acids is 1. The molecule has 1 N–H and O–H groups in total. The number of benzene rings is 3. The molecule has 5 heteroatoms. The molecule has 3 aromatic carbocycles. The number of rotatable bonds is 5. The van der Waals surface area contributed by atoms with Gasteiger partial charge in [-0.15, -0.1) is 0 Å².